The lowest BCUT2D eigenvalue weighted by molar-refractivity contribution is -0.152. The minimum absolute atomic E-state index is 0.162. The van der Waals surface area contributed by atoms with Gasteiger partial charge in [-0.2, -0.15) is 0 Å². The molecule has 6 nitrogen and oxygen atoms in total. The number of benzene rings is 2. The number of aryl methyl sites for hydroxylation is 1. The first kappa shape index (κ1) is 19.6. The summed E-state index contributed by atoms with van der Waals surface area (Å²) in [5.74, 6) is -0.0342. The van der Waals surface area contributed by atoms with Crippen LogP contribution >= 0.6 is 0 Å². The van der Waals surface area contributed by atoms with Crippen molar-refractivity contribution in [2.75, 3.05) is 20.3 Å². The van der Waals surface area contributed by atoms with Crippen LogP contribution in [-0.4, -0.2) is 32.4 Å². The number of hydrogen-bond donors (Lipinski definition) is 0. The molecule has 0 radical (unpaired) electrons. The number of carbonyl (C=O) groups excluding carboxylic acids is 1. The normalized spacial score (nSPS) is 12.0. The number of rotatable bonds is 7. The Bertz CT molecular complexity index is 1020. The molecule has 1 heterocycles. The fraction of sp³-hybridized carbons (Fsp3) is 0.273. The second-order valence-corrected chi connectivity index (χ2v) is 6.33. The van der Waals surface area contributed by atoms with Crippen molar-refractivity contribution in [1.82, 2.24) is 0 Å². The summed E-state index contributed by atoms with van der Waals surface area (Å²) in [4.78, 5) is 24.1. The average Bonchev–Trinajstić information content (AvgIpc) is 2.70. The predicted octanol–water partition coefficient (Wildman–Crippen LogP) is 3.73. The van der Waals surface area contributed by atoms with E-state index in [2.05, 4.69) is 0 Å². The summed E-state index contributed by atoms with van der Waals surface area (Å²) in [5.41, 5.74) is 2.34. The molecular formula is C22H22O6. The summed E-state index contributed by atoms with van der Waals surface area (Å²) in [6, 6.07) is 14.7. The molecule has 0 amide bonds. The van der Waals surface area contributed by atoms with Crippen molar-refractivity contribution >= 4 is 16.9 Å². The van der Waals surface area contributed by atoms with Gasteiger partial charge in [0.25, 0.3) is 0 Å². The highest BCUT2D eigenvalue weighted by Crippen LogP contribution is 2.33. The topological polar surface area (TPSA) is 75.0 Å². The van der Waals surface area contributed by atoms with Crippen molar-refractivity contribution in [3.8, 4) is 16.9 Å². The van der Waals surface area contributed by atoms with E-state index in [4.69, 9.17) is 18.6 Å². The minimum Gasteiger partial charge on any atom is -0.479 e. The molecule has 146 valence electrons. The molecule has 0 aliphatic rings. The monoisotopic (exact) mass is 382 g/mol. The quantitative estimate of drug-likeness (QED) is 0.352. The van der Waals surface area contributed by atoms with Gasteiger partial charge in [0.1, 0.15) is 17.9 Å². The van der Waals surface area contributed by atoms with Gasteiger partial charge in [0.15, 0.2) is 6.10 Å². The van der Waals surface area contributed by atoms with Crippen molar-refractivity contribution in [2.45, 2.75) is 20.0 Å². The molecule has 6 heteroatoms. The van der Waals surface area contributed by atoms with Crippen LogP contribution in [0.5, 0.6) is 5.75 Å². The largest absolute Gasteiger partial charge is 0.479 e. The van der Waals surface area contributed by atoms with E-state index < -0.39 is 17.7 Å². The van der Waals surface area contributed by atoms with E-state index in [0.717, 1.165) is 16.5 Å². The molecule has 28 heavy (non-hydrogen) atoms. The van der Waals surface area contributed by atoms with E-state index >= 15 is 0 Å². The lowest BCUT2D eigenvalue weighted by Crippen LogP contribution is -2.27. The first-order chi connectivity index (χ1) is 13.5. The SMILES string of the molecule is COCCOC(=O)C(C)Oc1ccc2c(-c3ccccc3)cc(=O)oc2c1C. The van der Waals surface area contributed by atoms with Gasteiger partial charge in [0.05, 0.1) is 6.61 Å². The Morgan fingerprint density at radius 3 is 2.57 bits per heavy atom. The molecule has 1 aromatic heterocycles. The van der Waals surface area contributed by atoms with Gasteiger partial charge >= 0.3 is 11.6 Å². The highest BCUT2D eigenvalue weighted by Gasteiger charge is 2.19. The first-order valence-corrected chi connectivity index (χ1v) is 8.96. The van der Waals surface area contributed by atoms with Crippen LogP contribution in [-0.2, 0) is 14.3 Å². The van der Waals surface area contributed by atoms with E-state index in [9.17, 15) is 9.59 Å². The lowest BCUT2D eigenvalue weighted by atomic mass is 10.00. The maximum atomic E-state index is 12.1. The fourth-order valence-corrected chi connectivity index (χ4v) is 2.91. The van der Waals surface area contributed by atoms with Crippen LogP contribution in [0.3, 0.4) is 0 Å². The molecule has 0 saturated heterocycles. The van der Waals surface area contributed by atoms with Crippen molar-refractivity contribution in [3.63, 3.8) is 0 Å². The van der Waals surface area contributed by atoms with Crippen molar-refractivity contribution in [1.29, 1.82) is 0 Å². The molecular weight excluding hydrogens is 360 g/mol. The number of ether oxygens (including phenoxy) is 3. The minimum atomic E-state index is -0.808. The smallest absolute Gasteiger partial charge is 0.347 e. The third-order valence-corrected chi connectivity index (χ3v) is 4.36. The van der Waals surface area contributed by atoms with Gasteiger partial charge < -0.3 is 18.6 Å². The van der Waals surface area contributed by atoms with E-state index in [0.29, 0.717) is 23.5 Å². The van der Waals surface area contributed by atoms with Gasteiger partial charge in [-0.15, -0.1) is 0 Å². The maximum absolute atomic E-state index is 12.1. The fourth-order valence-electron chi connectivity index (χ4n) is 2.91. The predicted molar refractivity (Wildman–Crippen MR) is 106 cm³/mol. The molecule has 0 N–H and O–H groups in total. The summed E-state index contributed by atoms with van der Waals surface area (Å²) < 4.78 is 21.1. The molecule has 0 bridgehead atoms. The molecule has 1 atom stereocenters. The van der Waals surface area contributed by atoms with Gasteiger partial charge in [0, 0.05) is 24.1 Å². The van der Waals surface area contributed by atoms with Gasteiger partial charge in [0.2, 0.25) is 0 Å². The molecule has 0 spiro atoms. The van der Waals surface area contributed by atoms with Crippen molar-refractivity contribution in [3.05, 3.63) is 64.5 Å². The highest BCUT2D eigenvalue weighted by atomic mass is 16.6. The molecule has 0 saturated carbocycles. The number of methoxy groups -OCH3 is 1. The first-order valence-electron chi connectivity index (χ1n) is 8.96. The maximum Gasteiger partial charge on any atom is 0.347 e. The molecule has 2 aromatic carbocycles. The van der Waals surface area contributed by atoms with Crippen LogP contribution in [0, 0.1) is 6.92 Å². The molecule has 0 aliphatic carbocycles. The lowest BCUT2D eigenvalue weighted by Gasteiger charge is -2.16. The van der Waals surface area contributed by atoms with Crippen LogP contribution < -0.4 is 10.4 Å². The Morgan fingerprint density at radius 1 is 1.11 bits per heavy atom. The number of carbonyl (C=O) groups is 1. The van der Waals surface area contributed by atoms with Crippen LogP contribution in [0.2, 0.25) is 0 Å². The molecule has 0 fully saturated rings. The summed E-state index contributed by atoms with van der Waals surface area (Å²) in [7, 11) is 1.53. The van der Waals surface area contributed by atoms with E-state index in [1.807, 2.05) is 36.4 Å². The molecule has 3 aromatic rings. The molecule has 0 aliphatic heterocycles. The number of hydrogen-bond acceptors (Lipinski definition) is 6. The van der Waals surface area contributed by atoms with Gasteiger partial charge in [-0.25, -0.2) is 9.59 Å². The van der Waals surface area contributed by atoms with Crippen molar-refractivity contribution in [2.24, 2.45) is 0 Å². The second-order valence-electron chi connectivity index (χ2n) is 6.33. The standard InChI is InChI=1S/C22H22O6/c1-14-19(27-15(2)22(24)26-12-11-25-3)10-9-17-18(13-20(23)28-21(14)17)16-7-5-4-6-8-16/h4-10,13,15H,11-12H2,1-3H3. The van der Waals surface area contributed by atoms with Gasteiger partial charge in [-0.1, -0.05) is 30.3 Å². The zero-order valence-electron chi connectivity index (χ0n) is 16.1. The van der Waals surface area contributed by atoms with Crippen LogP contribution in [0.25, 0.3) is 22.1 Å². The third kappa shape index (κ3) is 4.23. The molecule has 3 rings (SSSR count). The van der Waals surface area contributed by atoms with Crippen LogP contribution in [0.15, 0.2) is 57.7 Å². The Kier molecular flexibility index (Phi) is 6.11. The summed E-state index contributed by atoms with van der Waals surface area (Å²) in [5, 5.41) is 0.797. The van der Waals surface area contributed by atoms with Crippen LogP contribution in [0.4, 0.5) is 0 Å². The average molecular weight is 382 g/mol. The van der Waals surface area contributed by atoms with Crippen LogP contribution in [0.1, 0.15) is 12.5 Å². The Labute approximate surface area is 162 Å². The number of fused-ring (bicyclic) bond motifs is 1. The summed E-state index contributed by atoms with van der Waals surface area (Å²) >= 11 is 0. The van der Waals surface area contributed by atoms with Gasteiger partial charge in [-0.05, 0) is 37.1 Å². The highest BCUT2D eigenvalue weighted by molar-refractivity contribution is 5.95. The zero-order chi connectivity index (χ0) is 20.1. The van der Waals surface area contributed by atoms with E-state index in [1.165, 1.54) is 13.2 Å². The van der Waals surface area contributed by atoms with Crippen molar-refractivity contribution < 1.29 is 23.4 Å². The second kappa shape index (κ2) is 8.71. The third-order valence-electron chi connectivity index (χ3n) is 4.36. The Hall–Kier alpha value is -3.12. The Balaban J connectivity index is 1.94. The summed E-state index contributed by atoms with van der Waals surface area (Å²) in [6.07, 6.45) is -0.808. The number of esters is 1. The summed E-state index contributed by atoms with van der Waals surface area (Å²) in [6.45, 7) is 3.88. The van der Waals surface area contributed by atoms with E-state index in [-0.39, 0.29) is 6.61 Å². The van der Waals surface area contributed by atoms with E-state index in [1.54, 1.807) is 19.9 Å². The Morgan fingerprint density at radius 2 is 1.86 bits per heavy atom. The van der Waals surface area contributed by atoms with Gasteiger partial charge in [-0.3, -0.25) is 0 Å². The molecule has 1 unspecified atom stereocenters. The zero-order valence-corrected chi connectivity index (χ0v) is 16.1.